The van der Waals surface area contributed by atoms with Gasteiger partial charge in [-0.3, -0.25) is 0 Å². The fraction of sp³-hybridized carbons (Fsp3) is 0.321. The summed E-state index contributed by atoms with van der Waals surface area (Å²) in [5.74, 6) is -4.61. The summed E-state index contributed by atoms with van der Waals surface area (Å²) in [6.07, 6.45) is -0.861. The van der Waals surface area contributed by atoms with E-state index in [9.17, 15) is 13.6 Å². The van der Waals surface area contributed by atoms with E-state index in [-0.39, 0.29) is 5.56 Å². The molecule has 0 aromatic heterocycles. The second-order valence-electron chi connectivity index (χ2n) is 8.30. The fourth-order valence-electron chi connectivity index (χ4n) is 3.84. The predicted molar refractivity (Wildman–Crippen MR) is 130 cm³/mol. The summed E-state index contributed by atoms with van der Waals surface area (Å²) in [5, 5.41) is 8.59. The molecule has 0 saturated heterocycles. The van der Waals surface area contributed by atoms with Gasteiger partial charge in [-0.05, 0) is 84.5 Å². The van der Waals surface area contributed by atoms with Crippen LogP contribution in [0.3, 0.4) is 0 Å². The quantitative estimate of drug-likeness (QED) is 0.309. The summed E-state index contributed by atoms with van der Waals surface area (Å²) in [6, 6.07) is 18.1. The highest BCUT2D eigenvalue weighted by Gasteiger charge is 2.38. The van der Waals surface area contributed by atoms with Crippen molar-refractivity contribution >= 4 is 5.97 Å². The van der Waals surface area contributed by atoms with Crippen LogP contribution in [0.15, 0.2) is 60.7 Å². The van der Waals surface area contributed by atoms with E-state index < -0.39 is 18.3 Å². The molecule has 3 rings (SSSR count). The Morgan fingerprint density at radius 2 is 1.57 bits per heavy atom. The van der Waals surface area contributed by atoms with Gasteiger partial charge in [-0.2, -0.15) is 8.78 Å². The van der Waals surface area contributed by atoms with E-state index in [1.807, 2.05) is 37.3 Å². The van der Waals surface area contributed by atoms with Crippen LogP contribution in [0.4, 0.5) is 8.78 Å². The number of alkyl halides is 2. The van der Waals surface area contributed by atoms with Gasteiger partial charge in [0.2, 0.25) is 0 Å². The Bertz CT molecular complexity index is 1120. The third-order valence-corrected chi connectivity index (χ3v) is 5.49. The molecule has 35 heavy (non-hydrogen) atoms. The highest BCUT2D eigenvalue weighted by molar-refractivity contribution is 5.75. The van der Waals surface area contributed by atoms with E-state index >= 15 is 0 Å². The monoisotopic (exact) mass is 484 g/mol. The molecule has 1 N–H and O–H groups in total. The van der Waals surface area contributed by atoms with Gasteiger partial charge in [-0.15, -0.1) is 0 Å². The molecule has 0 aliphatic carbocycles. The van der Waals surface area contributed by atoms with Crippen molar-refractivity contribution in [2.24, 2.45) is 0 Å². The van der Waals surface area contributed by atoms with E-state index in [0.29, 0.717) is 32.2 Å². The average Bonchev–Trinajstić information content (AvgIpc) is 2.81. The van der Waals surface area contributed by atoms with E-state index in [1.54, 1.807) is 12.1 Å². The van der Waals surface area contributed by atoms with Crippen LogP contribution >= 0.6 is 0 Å². The molecule has 186 valence electrons. The molecule has 0 aliphatic rings. The fourth-order valence-corrected chi connectivity index (χ4v) is 3.84. The molecule has 0 bridgehead atoms. The van der Waals surface area contributed by atoms with Crippen molar-refractivity contribution in [2.75, 3.05) is 19.8 Å². The first-order valence-corrected chi connectivity index (χ1v) is 11.4. The van der Waals surface area contributed by atoms with Gasteiger partial charge >= 0.3 is 11.9 Å². The maximum Gasteiger partial charge on any atom is 0.374 e. The molecule has 3 aromatic rings. The SMILES string of the molecule is CCOCCOc1cc(C)c(-c2cccc(COc3ccc(CC(F)(F)C(=O)O)cc3)c2)c(C)c1. The number of hydrogen-bond acceptors (Lipinski definition) is 4. The zero-order chi connectivity index (χ0) is 25.4. The molecule has 0 amide bonds. The van der Waals surface area contributed by atoms with Crippen molar-refractivity contribution in [3.8, 4) is 22.6 Å². The molecule has 7 heteroatoms. The third kappa shape index (κ3) is 7.26. The molecule has 0 aliphatic heterocycles. The summed E-state index contributed by atoms with van der Waals surface area (Å²) in [7, 11) is 0. The van der Waals surface area contributed by atoms with Crippen molar-refractivity contribution in [1.82, 2.24) is 0 Å². The Kier molecular flexibility index (Phi) is 8.82. The Balaban J connectivity index is 1.66. The van der Waals surface area contributed by atoms with Crippen molar-refractivity contribution in [2.45, 2.75) is 39.7 Å². The number of ether oxygens (including phenoxy) is 3. The molecule has 0 heterocycles. The van der Waals surface area contributed by atoms with Crippen molar-refractivity contribution < 1.29 is 32.9 Å². The molecule has 0 unspecified atom stereocenters. The van der Waals surface area contributed by atoms with Gasteiger partial charge in [-0.25, -0.2) is 4.79 Å². The molecule has 5 nitrogen and oxygen atoms in total. The molecule has 0 saturated carbocycles. The minimum atomic E-state index is -3.80. The lowest BCUT2D eigenvalue weighted by atomic mass is 9.94. The second kappa shape index (κ2) is 11.8. The molecule has 0 atom stereocenters. The number of carboxylic acids is 1. The van der Waals surface area contributed by atoms with Crippen LogP contribution in [0.1, 0.15) is 29.2 Å². The summed E-state index contributed by atoms with van der Waals surface area (Å²) in [4.78, 5) is 10.6. The van der Waals surface area contributed by atoms with Gasteiger partial charge in [0.1, 0.15) is 24.7 Å². The minimum Gasteiger partial charge on any atom is -0.491 e. The molecule has 0 spiro atoms. The molecular formula is C28H30F2O5. The largest absolute Gasteiger partial charge is 0.491 e. The van der Waals surface area contributed by atoms with E-state index in [2.05, 4.69) is 19.9 Å². The molecular weight excluding hydrogens is 454 g/mol. The number of benzene rings is 3. The molecule has 0 radical (unpaired) electrons. The highest BCUT2D eigenvalue weighted by atomic mass is 19.3. The third-order valence-electron chi connectivity index (χ3n) is 5.49. The number of hydrogen-bond donors (Lipinski definition) is 1. The van der Waals surface area contributed by atoms with Gasteiger partial charge < -0.3 is 19.3 Å². The minimum absolute atomic E-state index is 0.225. The van der Waals surface area contributed by atoms with Gasteiger partial charge in [0.05, 0.1) is 6.61 Å². The molecule has 3 aromatic carbocycles. The van der Waals surface area contributed by atoms with Gasteiger partial charge in [0.15, 0.2) is 0 Å². The zero-order valence-electron chi connectivity index (χ0n) is 20.1. The van der Waals surface area contributed by atoms with Crippen LogP contribution < -0.4 is 9.47 Å². The smallest absolute Gasteiger partial charge is 0.374 e. The first kappa shape index (κ1) is 26.2. The van der Waals surface area contributed by atoms with E-state index in [0.717, 1.165) is 33.6 Å². The van der Waals surface area contributed by atoms with Crippen LogP contribution in [-0.4, -0.2) is 36.8 Å². The summed E-state index contributed by atoms with van der Waals surface area (Å²) >= 11 is 0. The van der Waals surface area contributed by atoms with Gasteiger partial charge in [0, 0.05) is 13.0 Å². The predicted octanol–water partition coefficient (Wildman–Crippen LogP) is 6.23. The van der Waals surface area contributed by atoms with Gasteiger partial charge in [0.25, 0.3) is 0 Å². The first-order chi connectivity index (χ1) is 16.7. The maximum atomic E-state index is 13.4. The average molecular weight is 485 g/mol. The van der Waals surface area contributed by atoms with Crippen molar-refractivity contribution in [3.63, 3.8) is 0 Å². The summed E-state index contributed by atoms with van der Waals surface area (Å²) in [6.45, 7) is 8.07. The maximum absolute atomic E-state index is 13.4. The van der Waals surface area contributed by atoms with Crippen LogP contribution in [0, 0.1) is 13.8 Å². The Hall–Kier alpha value is -3.45. The standard InChI is InChI=1S/C28H30F2O5/c1-4-33-12-13-34-25-14-19(2)26(20(3)15-25)23-7-5-6-22(16-23)18-35-24-10-8-21(9-11-24)17-28(29,30)27(31)32/h5-11,14-16H,4,12-13,17-18H2,1-3H3,(H,31,32). The normalized spacial score (nSPS) is 11.3. The number of carbonyl (C=O) groups is 1. The van der Waals surface area contributed by atoms with Crippen LogP contribution in [0.2, 0.25) is 0 Å². The Morgan fingerprint density at radius 3 is 2.20 bits per heavy atom. The lowest BCUT2D eigenvalue weighted by molar-refractivity contribution is -0.164. The van der Waals surface area contributed by atoms with Gasteiger partial charge in [-0.1, -0.05) is 30.3 Å². The number of rotatable bonds is 12. The number of aryl methyl sites for hydroxylation is 2. The summed E-state index contributed by atoms with van der Waals surface area (Å²) < 4.78 is 43.7. The first-order valence-electron chi connectivity index (χ1n) is 11.4. The number of aliphatic carboxylic acids is 1. The van der Waals surface area contributed by atoms with E-state index in [4.69, 9.17) is 19.3 Å². The van der Waals surface area contributed by atoms with Crippen LogP contribution in [-0.2, 0) is 22.6 Å². The lowest BCUT2D eigenvalue weighted by Gasteiger charge is -2.15. The Morgan fingerprint density at radius 1 is 0.886 bits per heavy atom. The summed E-state index contributed by atoms with van der Waals surface area (Å²) in [5.41, 5.74) is 5.58. The second-order valence-corrected chi connectivity index (χ2v) is 8.30. The van der Waals surface area contributed by atoms with Crippen LogP contribution in [0.25, 0.3) is 11.1 Å². The lowest BCUT2D eigenvalue weighted by Crippen LogP contribution is -2.30. The molecule has 0 fully saturated rings. The van der Waals surface area contributed by atoms with Crippen molar-refractivity contribution in [3.05, 3.63) is 82.9 Å². The Labute approximate surface area is 204 Å². The van der Waals surface area contributed by atoms with Crippen molar-refractivity contribution in [1.29, 1.82) is 0 Å². The number of carboxylic acid groups (broad SMARTS) is 1. The van der Waals surface area contributed by atoms with E-state index in [1.165, 1.54) is 12.1 Å². The number of halogens is 2. The topological polar surface area (TPSA) is 65.0 Å². The zero-order valence-corrected chi connectivity index (χ0v) is 20.1. The van der Waals surface area contributed by atoms with Crippen LogP contribution in [0.5, 0.6) is 11.5 Å². The highest BCUT2D eigenvalue weighted by Crippen LogP contribution is 2.32.